The summed E-state index contributed by atoms with van der Waals surface area (Å²) in [5.41, 5.74) is -0.877. The van der Waals surface area contributed by atoms with E-state index in [-0.39, 0.29) is 12.1 Å². The largest absolute Gasteiger partial charge is 0.481 e. The molecule has 0 radical (unpaired) electrons. The first-order valence-corrected chi connectivity index (χ1v) is 14.7. The average molecular weight is 481 g/mol. The van der Waals surface area contributed by atoms with Gasteiger partial charge in [-0.2, -0.15) is 0 Å². The van der Waals surface area contributed by atoms with Gasteiger partial charge in [-0.3, -0.25) is 9.59 Å². The van der Waals surface area contributed by atoms with Crippen LogP contribution in [-0.4, -0.2) is 23.1 Å². The molecule has 0 aliphatic heterocycles. The molecular formula is C30H56O4. The van der Waals surface area contributed by atoms with Gasteiger partial charge >= 0.3 is 11.9 Å². The molecule has 1 aliphatic rings. The number of carboxylic acids is 1. The fraction of sp³-hybridized carbons (Fsp3) is 0.933. The number of carbonyl (C=O) groups excluding carboxylic acids is 1. The van der Waals surface area contributed by atoms with Crippen molar-refractivity contribution in [3.05, 3.63) is 0 Å². The maximum atomic E-state index is 13.2. The van der Waals surface area contributed by atoms with Gasteiger partial charge in [0.15, 0.2) is 0 Å². The summed E-state index contributed by atoms with van der Waals surface area (Å²) in [4.78, 5) is 25.1. The second-order valence-corrected chi connectivity index (χ2v) is 11.6. The molecular weight excluding hydrogens is 424 g/mol. The molecule has 34 heavy (non-hydrogen) atoms. The van der Waals surface area contributed by atoms with Gasteiger partial charge < -0.3 is 9.84 Å². The van der Waals surface area contributed by atoms with Gasteiger partial charge in [-0.25, -0.2) is 0 Å². The summed E-state index contributed by atoms with van der Waals surface area (Å²) in [6.07, 6.45) is 22.4. The minimum atomic E-state index is -0.877. The van der Waals surface area contributed by atoms with Crippen molar-refractivity contribution in [2.45, 2.75) is 162 Å². The Bertz CT molecular complexity index is 544. The zero-order chi connectivity index (χ0) is 25.2. The Labute approximate surface area is 211 Å². The van der Waals surface area contributed by atoms with Crippen molar-refractivity contribution in [2.24, 2.45) is 17.3 Å². The normalized spacial score (nSPS) is 21.5. The molecule has 0 aromatic rings. The van der Waals surface area contributed by atoms with Gasteiger partial charge in [-0.1, -0.05) is 111 Å². The molecule has 200 valence electrons. The molecule has 0 aromatic carbocycles. The van der Waals surface area contributed by atoms with E-state index in [1.807, 2.05) is 6.92 Å². The summed E-state index contributed by atoms with van der Waals surface area (Å²) in [7, 11) is 0. The summed E-state index contributed by atoms with van der Waals surface area (Å²) < 4.78 is 6.09. The SMILES string of the molecule is CCCCCCCCCCC(CCCCCCCC(C)C)OC(=O)C1(C)CCCCC1C(=O)O. The first kappa shape index (κ1) is 31.0. The lowest BCUT2D eigenvalue weighted by molar-refractivity contribution is -0.174. The van der Waals surface area contributed by atoms with Crippen LogP contribution in [-0.2, 0) is 14.3 Å². The number of carboxylic acid groups (broad SMARTS) is 1. The van der Waals surface area contributed by atoms with Gasteiger partial charge in [0.05, 0.1) is 11.3 Å². The summed E-state index contributed by atoms with van der Waals surface area (Å²) in [5.74, 6) is -0.939. The van der Waals surface area contributed by atoms with Crippen LogP contribution in [0.5, 0.6) is 0 Å². The number of unbranched alkanes of at least 4 members (excludes halogenated alkanes) is 11. The van der Waals surface area contributed by atoms with Crippen molar-refractivity contribution in [1.82, 2.24) is 0 Å². The monoisotopic (exact) mass is 480 g/mol. The van der Waals surface area contributed by atoms with Crippen molar-refractivity contribution in [1.29, 1.82) is 0 Å². The lowest BCUT2D eigenvalue weighted by Crippen LogP contribution is -2.44. The molecule has 0 heterocycles. The van der Waals surface area contributed by atoms with Gasteiger partial charge in [-0.15, -0.1) is 0 Å². The van der Waals surface area contributed by atoms with Crippen LogP contribution in [0.25, 0.3) is 0 Å². The number of carbonyl (C=O) groups is 2. The van der Waals surface area contributed by atoms with Crippen LogP contribution in [0.2, 0.25) is 0 Å². The van der Waals surface area contributed by atoms with Crippen LogP contribution in [0.1, 0.15) is 156 Å². The van der Waals surface area contributed by atoms with Gasteiger partial charge in [-0.05, 0) is 51.4 Å². The fourth-order valence-corrected chi connectivity index (χ4v) is 5.48. The van der Waals surface area contributed by atoms with E-state index in [1.165, 1.54) is 77.0 Å². The van der Waals surface area contributed by atoms with Gasteiger partial charge in [0.2, 0.25) is 0 Å². The molecule has 0 saturated heterocycles. The van der Waals surface area contributed by atoms with E-state index in [9.17, 15) is 14.7 Å². The van der Waals surface area contributed by atoms with Crippen molar-refractivity contribution in [2.75, 3.05) is 0 Å². The minimum Gasteiger partial charge on any atom is -0.481 e. The third kappa shape index (κ3) is 12.6. The second-order valence-electron chi connectivity index (χ2n) is 11.6. The summed E-state index contributed by atoms with van der Waals surface area (Å²) in [6.45, 7) is 8.65. The highest BCUT2D eigenvalue weighted by atomic mass is 16.5. The van der Waals surface area contributed by atoms with E-state index in [1.54, 1.807) is 0 Å². The maximum Gasteiger partial charge on any atom is 0.312 e. The number of hydrogen-bond donors (Lipinski definition) is 1. The third-order valence-electron chi connectivity index (χ3n) is 7.93. The molecule has 1 aliphatic carbocycles. The first-order valence-electron chi connectivity index (χ1n) is 14.7. The van der Waals surface area contributed by atoms with Crippen LogP contribution in [0, 0.1) is 17.3 Å². The zero-order valence-corrected chi connectivity index (χ0v) is 23.0. The van der Waals surface area contributed by atoms with Crippen LogP contribution in [0.15, 0.2) is 0 Å². The van der Waals surface area contributed by atoms with Crippen molar-refractivity contribution in [3.63, 3.8) is 0 Å². The quantitative estimate of drug-likeness (QED) is 0.139. The molecule has 1 rings (SSSR count). The molecule has 3 atom stereocenters. The Kier molecular flexibility index (Phi) is 16.6. The van der Waals surface area contributed by atoms with E-state index in [4.69, 9.17) is 4.74 Å². The van der Waals surface area contributed by atoms with Gasteiger partial charge in [0, 0.05) is 0 Å². The minimum absolute atomic E-state index is 0.0588. The maximum absolute atomic E-state index is 13.2. The summed E-state index contributed by atoms with van der Waals surface area (Å²) >= 11 is 0. The molecule has 3 unspecified atom stereocenters. The van der Waals surface area contributed by atoms with Crippen LogP contribution in [0.3, 0.4) is 0 Å². The number of hydrogen-bond acceptors (Lipinski definition) is 3. The highest BCUT2D eigenvalue weighted by Gasteiger charge is 2.48. The van der Waals surface area contributed by atoms with E-state index in [0.29, 0.717) is 12.8 Å². The van der Waals surface area contributed by atoms with E-state index in [0.717, 1.165) is 44.4 Å². The van der Waals surface area contributed by atoms with Gasteiger partial charge in [0.1, 0.15) is 6.10 Å². The van der Waals surface area contributed by atoms with E-state index in [2.05, 4.69) is 20.8 Å². The average Bonchev–Trinajstić information content (AvgIpc) is 2.79. The predicted octanol–water partition coefficient (Wildman–Crippen LogP) is 9.10. The smallest absolute Gasteiger partial charge is 0.312 e. The molecule has 1 N–H and O–H groups in total. The highest BCUT2D eigenvalue weighted by molar-refractivity contribution is 5.84. The Morgan fingerprint density at radius 1 is 0.824 bits per heavy atom. The van der Waals surface area contributed by atoms with Gasteiger partial charge in [0.25, 0.3) is 0 Å². The lowest BCUT2D eigenvalue weighted by atomic mass is 9.67. The first-order chi connectivity index (χ1) is 16.3. The fourth-order valence-electron chi connectivity index (χ4n) is 5.48. The molecule has 1 saturated carbocycles. The third-order valence-corrected chi connectivity index (χ3v) is 7.93. The Hall–Kier alpha value is -1.06. The molecule has 0 amide bonds. The lowest BCUT2D eigenvalue weighted by Gasteiger charge is -2.37. The Balaban J connectivity index is 2.51. The molecule has 0 bridgehead atoms. The zero-order valence-electron chi connectivity index (χ0n) is 23.0. The summed E-state index contributed by atoms with van der Waals surface area (Å²) in [5, 5.41) is 9.71. The van der Waals surface area contributed by atoms with E-state index < -0.39 is 17.3 Å². The Morgan fingerprint density at radius 2 is 1.32 bits per heavy atom. The highest BCUT2D eigenvalue weighted by Crippen LogP contribution is 2.42. The number of rotatable bonds is 20. The molecule has 4 heteroatoms. The molecule has 4 nitrogen and oxygen atoms in total. The topological polar surface area (TPSA) is 63.6 Å². The van der Waals surface area contributed by atoms with Crippen molar-refractivity contribution in [3.8, 4) is 0 Å². The summed E-state index contributed by atoms with van der Waals surface area (Å²) in [6, 6.07) is 0. The molecule has 1 fully saturated rings. The number of esters is 1. The second kappa shape index (κ2) is 18.2. The standard InChI is InChI=1S/C30H56O4/c1-5-6-7-8-9-10-13-16-21-26(22-17-14-11-12-15-20-25(2)3)34-29(33)30(4)24-19-18-23-27(30)28(31)32/h25-27H,5-24H2,1-4H3,(H,31,32). The van der Waals surface area contributed by atoms with Crippen molar-refractivity contribution < 1.29 is 19.4 Å². The van der Waals surface area contributed by atoms with Crippen LogP contribution < -0.4 is 0 Å². The van der Waals surface area contributed by atoms with Crippen LogP contribution in [0.4, 0.5) is 0 Å². The number of ether oxygens (including phenoxy) is 1. The van der Waals surface area contributed by atoms with E-state index >= 15 is 0 Å². The predicted molar refractivity (Wildman–Crippen MR) is 142 cm³/mol. The number of aliphatic carboxylic acids is 1. The molecule has 0 spiro atoms. The van der Waals surface area contributed by atoms with Crippen LogP contribution >= 0.6 is 0 Å². The van der Waals surface area contributed by atoms with Crippen molar-refractivity contribution >= 4 is 11.9 Å². The Morgan fingerprint density at radius 3 is 1.82 bits per heavy atom. The molecule has 0 aromatic heterocycles.